The number of amides is 1. The molecule has 2 unspecified atom stereocenters. The molecule has 0 bridgehead atoms. The molecule has 0 fully saturated rings. The van der Waals surface area contributed by atoms with E-state index in [9.17, 15) is 22.7 Å². The Bertz CT molecular complexity index is 1220. The number of terminal acetylenes is 1. The van der Waals surface area contributed by atoms with Crippen LogP contribution in [0.3, 0.4) is 0 Å². The van der Waals surface area contributed by atoms with Gasteiger partial charge in [-0.05, 0) is 18.2 Å². The maximum Gasteiger partial charge on any atom is 0.272 e. The van der Waals surface area contributed by atoms with Crippen LogP contribution in [0.15, 0.2) is 35.4 Å². The van der Waals surface area contributed by atoms with Gasteiger partial charge in [0.1, 0.15) is 28.6 Å². The lowest BCUT2D eigenvalue weighted by atomic mass is 10.1. The number of benzene rings is 1. The van der Waals surface area contributed by atoms with Crippen LogP contribution in [-0.4, -0.2) is 36.1 Å². The quantitative estimate of drug-likeness (QED) is 0.646. The first-order chi connectivity index (χ1) is 13.7. The third kappa shape index (κ3) is 3.77. The molecule has 1 amide bonds. The summed E-state index contributed by atoms with van der Waals surface area (Å²) >= 11 is 0. The molecule has 1 aromatic carbocycles. The fourth-order valence-corrected chi connectivity index (χ4v) is 4.35. The molecule has 8 nitrogen and oxygen atoms in total. The maximum atomic E-state index is 13.5. The number of halogens is 1. The lowest BCUT2D eigenvalue weighted by molar-refractivity contribution is 0.101. The highest BCUT2D eigenvalue weighted by molar-refractivity contribution is 7.89. The normalized spacial score (nSPS) is 18.0. The average Bonchev–Trinajstić information content (AvgIpc) is 2.96. The van der Waals surface area contributed by atoms with Gasteiger partial charge >= 0.3 is 0 Å². The van der Waals surface area contributed by atoms with Crippen molar-refractivity contribution in [3.63, 3.8) is 0 Å². The first-order valence-electron chi connectivity index (χ1n) is 8.23. The summed E-state index contributed by atoms with van der Waals surface area (Å²) in [6, 6.07) is 4.10. The van der Waals surface area contributed by atoms with Crippen molar-refractivity contribution in [2.24, 2.45) is 7.05 Å². The molecule has 2 aromatic rings. The summed E-state index contributed by atoms with van der Waals surface area (Å²) in [5.41, 5.74) is 0.0422. The number of aryl methyl sites for hydroxylation is 1. The van der Waals surface area contributed by atoms with E-state index in [0.717, 1.165) is 6.07 Å². The summed E-state index contributed by atoms with van der Waals surface area (Å²) in [4.78, 5) is 12.6. The van der Waals surface area contributed by atoms with Crippen LogP contribution in [0.2, 0.25) is 0 Å². The molecular formula is C19H15FN4O4S. The fourth-order valence-electron chi connectivity index (χ4n) is 2.91. The molecule has 1 aliphatic heterocycles. The number of aliphatic hydroxyl groups excluding tert-OH is 1. The number of aromatic nitrogens is 1. The second-order valence-corrected chi connectivity index (χ2v) is 7.93. The smallest absolute Gasteiger partial charge is 0.272 e. The summed E-state index contributed by atoms with van der Waals surface area (Å²) in [5.74, 6) is 0.660. The predicted molar refractivity (Wildman–Crippen MR) is 102 cm³/mol. The molecule has 148 valence electrons. The van der Waals surface area contributed by atoms with Crippen LogP contribution in [-0.2, 0) is 17.1 Å². The average molecular weight is 414 g/mol. The van der Waals surface area contributed by atoms with Gasteiger partial charge in [0.2, 0.25) is 10.0 Å². The van der Waals surface area contributed by atoms with Gasteiger partial charge in [-0.3, -0.25) is 4.79 Å². The van der Waals surface area contributed by atoms with E-state index in [1.54, 1.807) is 6.07 Å². The van der Waals surface area contributed by atoms with E-state index >= 15 is 0 Å². The lowest BCUT2D eigenvalue weighted by Gasteiger charge is -2.15. The highest BCUT2D eigenvalue weighted by Gasteiger charge is 2.32. The summed E-state index contributed by atoms with van der Waals surface area (Å²) in [6.07, 6.45) is 7.77. The number of nitrogens with one attached hydrogen (secondary N) is 2. The van der Waals surface area contributed by atoms with E-state index in [2.05, 4.69) is 16.0 Å². The zero-order valence-corrected chi connectivity index (χ0v) is 15.9. The van der Waals surface area contributed by atoms with E-state index in [1.165, 1.54) is 42.1 Å². The Morgan fingerprint density at radius 2 is 2.21 bits per heavy atom. The van der Waals surface area contributed by atoms with Crippen molar-refractivity contribution in [2.45, 2.75) is 17.0 Å². The first kappa shape index (κ1) is 20.3. The van der Waals surface area contributed by atoms with Crippen molar-refractivity contribution in [1.82, 2.24) is 9.29 Å². The number of nitrogens with zero attached hydrogens (tertiary/aromatic N) is 2. The Hall–Kier alpha value is -3.44. The van der Waals surface area contributed by atoms with Gasteiger partial charge in [0, 0.05) is 24.5 Å². The summed E-state index contributed by atoms with van der Waals surface area (Å²) in [7, 11) is -2.58. The van der Waals surface area contributed by atoms with Gasteiger partial charge in [-0.1, -0.05) is 18.1 Å². The molecule has 3 rings (SSSR count). The number of hydrogen-bond donors (Lipinski definition) is 3. The molecular weight excluding hydrogens is 399 g/mol. The molecule has 2 atom stereocenters. The van der Waals surface area contributed by atoms with E-state index < -0.39 is 33.9 Å². The Labute approximate surface area is 166 Å². The van der Waals surface area contributed by atoms with Crippen molar-refractivity contribution >= 4 is 27.7 Å². The number of sulfonamides is 1. The third-order valence-corrected chi connectivity index (χ3v) is 5.79. The molecule has 10 heteroatoms. The summed E-state index contributed by atoms with van der Waals surface area (Å²) < 4.78 is 42.4. The second-order valence-electron chi connectivity index (χ2n) is 6.24. The van der Waals surface area contributed by atoms with Gasteiger partial charge in [0.05, 0.1) is 11.6 Å². The van der Waals surface area contributed by atoms with Gasteiger partial charge in [0.15, 0.2) is 0 Å². The van der Waals surface area contributed by atoms with Gasteiger partial charge in [-0.2, -0.15) is 5.26 Å². The molecule has 0 saturated heterocycles. The fraction of sp³-hybridized carbons (Fsp3) is 0.158. The third-order valence-electron chi connectivity index (χ3n) is 4.31. The van der Waals surface area contributed by atoms with Crippen molar-refractivity contribution in [3.8, 4) is 18.4 Å². The summed E-state index contributed by atoms with van der Waals surface area (Å²) in [5, 5.41) is 21.2. The first-order valence-corrected chi connectivity index (χ1v) is 9.71. The number of aliphatic hydroxyl groups is 1. The molecule has 1 aromatic heterocycles. The van der Waals surface area contributed by atoms with Crippen LogP contribution in [0.25, 0.3) is 6.08 Å². The molecule has 0 spiro atoms. The van der Waals surface area contributed by atoms with Crippen LogP contribution < -0.4 is 10.0 Å². The van der Waals surface area contributed by atoms with Crippen molar-refractivity contribution in [2.75, 3.05) is 5.32 Å². The molecule has 0 aliphatic carbocycles. The number of rotatable bonds is 3. The highest BCUT2D eigenvalue weighted by atomic mass is 32.2. The Morgan fingerprint density at radius 1 is 1.48 bits per heavy atom. The molecule has 1 aliphatic rings. The lowest BCUT2D eigenvalue weighted by Crippen LogP contribution is -2.40. The molecule has 2 heterocycles. The Kier molecular flexibility index (Phi) is 5.27. The van der Waals surface area contributed by atoms with E-state index in [-0.39, 0.29) is 27.4 Å². The van der Waals surface area contributed by atoms with E-state index in [1.807, 2.05) is 0 Å². The van der Waals surface area contributed by atoms with Crippen LogP contribution in [0.1, 0.15) is 21.6 Å². The SMILES string of the molecule is C#CC(O)C1C=Cc2c(cn(C)c2C(=O)Nc2ccc(F)c(C#N)c2)S(=O)(=O)N1. The van der Waals surface area contributed by atoms with E-state index in [4.69, 9.17) is 11.7 Å². The van der Waals surface area contributed by atoms with Crippen LogP contribution in [0, 0.1) is 29.5 Å². The minimum Gasteiger partial charge on any atom is -0.378 e. The van der Waals surface area contributed by atoms with Crippen LogP contribution in [0.4, 0.5) is 10.1 Å². The predicted octanol–water partition coefficient (Wildman–Crippen LogP) is 0.956. The minimum atomic E-state index is -4.07. The van der Waals surface area contributed by atoms with E-state index in [0.29, 0.717) is 0 Å². The monoisotopic (exact) mass is 414 g/mol. The van der Waals surface area contributed by atoms with Crippen molar-refractivity contribution in [1.29, 1.82) is 5.26 Å². The van der Waals surface area contributed by atoms with Crippen LogP contribution in [0.5, 0.6) is 0 Å². The number of hydrogen-bond acceptors (Lipinski definition) is 5. The van der Waals surface area contributed by atoms with Gasteiger partial charge < -0.3 is 15.0 Å². The van der Waals surface area contributed by atoms with Crippen molar-refractivity contribution < 1.29 is 22.7 Å². The van der Waals surface area contributed by atoms with Gasteiger partial charge in [-0.25, -0.2) is 17.5 Å². The summed E-state index contributed by atoms with van der Waals surface area (Å²) in [6.45, 7) is 0. The van der Waals surface area contributed by atoms with Crippen molar-refractivity contribution in [3.05, 3.63) is 53.1 Å². The number of carbonyl (C=O) groups is 1. The highest BCUT2D eigenvalue weighted by Crippen LogP contribution is 2.27. The standard InChI is InChI=1S/C19H15FN4O4S/c1-3-16(25)15-7-5-13-17(29(27,28)23-15)10-24(2)18(13)19(26)22-12-4-6-14(20)11(8-12)9-21/h1,4-8,10,15-16,23,25H,2H3,(H,22,26). The topological polar surface area (TPSA) is 124 Å². The number of carbonyl (C=O) groups excluding carboxylic acids is 1. The zero-order chi connectivity index (χ0) is 21.3. The molecule has 29 heavy (non-hydrogen) atoms. The van der Waals surface area contributed by atoms with Gasteiger partial charge in [-0.15, -0.1) is 6.42 Å². The van der Waals surface area contributed by atoms with Gasteiger partial charge in [0.25, 0.3) is 5.91 Å². The number of fused-ring (bicyclic) bond motifs is 1. The number of anilines is 1. The minimum absolute atomic E-state index is 0.0142. The Morgan fingerprint density at radius 3 is 2.86 bits per heavy atom. The molecule has 0 saturated carbocycles. The van der Waals surface area contributed by atoms with Crippen LogP contribution >= 0.6 is 0 Å². The number of nitriles is 1. The molecule has 0 radical (unpaired) electrons. The second kappa shape index (κ2) is 7.53. The Balaban J connectivity index is 2.03. The molecule has 3 N–H and O–H groups in total. The maximum absolute atomic E-state index is 13.5. The largest absolute Gasteiger partial charge is 0.378 e. The zero-order valence-electron chi connectivity index (χ0n) is 15.0.